The van der Waals surface area contributed by atoms with Gasteiger partial charge in [0.25, 0.3) is 5.91 Å². The van der Waals surface area contributed by atoms with E-state index in [1.165, 1.54) is 5.56 Å². The standard InChI is InChI=1S/C15H21NO3/c1-2-8-16-15(18)10-19-12-7-6-11-4-3-5-14(17)13(11)9-12/h6-7,9,14,17H,2-5,8,10H2,1H3,(H,16,18). The maximum atomic E-state index is 11.4. The topological polar surface area (TPSA) is 58.6 Å². The second-order valence-corrected chi connectivity index (χ2v) is 4.91. The molecule has 2 N–H and O–H groups in total. The molecule has 1 aliphatic carbocycles. The highest BCUT2D eigenvalue weighted by atomic mass is 16.5. The number of hydrogen-bond acceptors (Lipinski definition) is 3. The first kappa shape index (κ1) is 13.9. The molecule has 0 saturated carbocycles. The number of aliphatic hydroxyl groups excluding tert-OH is 1. The van der Waals surface area contributed by atoms with E-state index in [1.807, 2.05) is 25.1 Å². The van der Waals surface area contributed by atoms with Crippen LogP contribution in [0, 0.1) is 0 Å². The lowest BCUT2D eigenvalue weighted by Crippen LogP contribution is -2.29. The first-order chi connectivity index (χ1) is 9.20. The maximum Gasteiger partial charge on any atom is 0.257 e. The predicted molar refractivity (Wildman–Crippen MR) is 73.1 cm³/mol. The average molecular weight is 263 g/mol. The Morgan fingerprint density at radius 2 is 2.37 bits per heavy atom. The number of ether oxygens (including phenoxy) is 1. The number of carbonyl (C=O) groups excluding carboxylic acids is 1. The lowest BCUT2D eigenvalue weighted by atomic mass is 9.89. The minimum Gasteiger partial charge on any atom is -0.484 e. The summed E-state index contributed by atoms with van der Waals surface area (Å²) in [5.74, 6) is 0.534. The lowest BCUT2D eigenvalue weighted by Gasteiger charge is -2.21. The van der Waals surface area contributed by atoms with E-state index < -0.39 is 6.10 Å². The monoisotopic (exact) mass is 263 g/mol. The van der Waals surface area contributed by atoms with Crippen LogP contribution in [0.25, 0.3) is 0 Å². The number of nitrogens with one attached hydrogen (secondary N) is 1. The molecule has 1 aromatic carbocycles. The van der Waals surface area contributed by atoms with Crippen molar-refractivity contribution in [3.05, 3.63) is 29.3 Å². The summed E-state index contributed by atoms with van der Waals surface area (Å²) in [6.45, 7) is 2.70. The molecule has 0 aliphatic heterocycles. The Hall–Kier alpha value is -1.55. The van der Waals surface area contributed by atoms with Gasteiger partial charge < -0.3 is 15.2 Å². The van der Waals surface area contributed by atoms with Crippen molar-refractivity contribution in [1.29, 1.82) is 0 Å². The number of hydrogen-bond donors (Lipinski definition) is 2. The van der Waals surface area contributed by atoms with Crippen LogP contribution in [-0.4, -0.2) is 24.2 Å². The third-order valence-electron chi connectivity index (χ3n) is 3.34. The second kappa shape index (κ2) is 6.57. The van der Waals surface area contributed by atoms with Crippen LogP contribution in [0.4, 0.5) is 0 Å². The first-order valence-electron chi connectivity index (χ1n) is 6.91. The fourth-order valence-electron chi connectivity index (χ4n) is 2.31. The van der Waals surface area contributed by atoms with Gasteiger partial charge in [-0.3, -0.25) is 4.79 Å². The van der Waals surface area contributed by atoms with Crippen LogP contribution in [0.1, 0.15) is 43.4 Å². The minimum atomic E-state index is -0.402. The normalized spacial score (nSPS) is 17.7. The van der Waals surface area contributed by atoms with Crippen LogP contribution in [0.5, 0.6) is 5.75 Å². The van der Waals surface area contributed by atoms with Gasteiger partial charge in [0.15, 0.2) is 6.61 Å². The molecule has 0 spiro atoms. The largest absolute Gasteiger partial charge is 0.484 e. The van der Waals surface area contributed by atoms with Crippen molar-refractivity contribution in [2.24, 2.45) is 0 Å². The summed E-state index contributed by atoms with van der Waals surface area (Å²) < 4.78 is 5.46. The van der Waals surface area contributed by atoms with Gasteiger partial charge in [0, 0.05) is 6.54 Å². The van der Waals surface area contributed by atoms with Crippen molar-refractivity contribution < 1.29 is 14.6 Å². The zero-order valence-corrected chi connectivity index (χ0v) is 11.3. The van der Waals surface area contributed by atoms with Gasteiger partial charge in [-0.1, -0.05) is 13.0 Å². The van der Waals surface area contributed by atoms with E-state index in [-0.39, 0.29) is 12.5 Å². The van der Waals surface area contributed by atoms with Crippen LogP contribution >= 0.6 is 0 Å². The summed E-state index contributed by atoms with van der Waals surface area (Å²) >= 11 is 0. The Morgan fingerprint density at radius 3 is 3.16 bits per heavy atom. The SMILES string of the molecule is CCCNC(=O)COc1ccc2c(c1)C(O)CCC2. The fourth-order valence-corrected chi connectivity index (χ4v) is 2.31. The van der Waals surface area contributed by atoms with Gasteiger partial charge >= 0.3 is 0 Å². The van der Waals surface area contributed by atoms with Crippen LogP contribution in [0.2, 0.25) is 0 Å². The summed E-state index contributed by atoms with van der Waals surface area (Å²) in [5, 5.41) is 12.7. The molecule has 2 rings (SSSR count). The molecular weight excluding hydrogens is 242 g/mol. The van der Waals surface area contributed by atoms with Crippen LogP contribution < -0.4 is 10.1 Å². The molecule has 4 nitrogen and oxygen atoms in total. The van der Waals surface area contributed by atoms with E-state index >= 15 is 0 Å². The molecule has 0 fully saturated rings. The third-order valence-corrected chi connectivity index (χ3v) is 3.34. The number of amides is 1. The van der Waals surface area contributed by atoms with E-state index in [4.69, 9.17) is 4.74 Å². The van der Waals surface area contributed by atoms with E-state index in [0.29, 0.717) is 12.3 Å². The maximum absolute atomic E-state index is 11.4. The molecule has 19 heavy (non-hydrogen) atoms. The highest BCUT2D eigenvalue weighted by Crippen LogP contribution is 2.32. The summed E-state index contributed by atoms with van der Waals surface area (Å²) in [4.78, 5) is 11.4. The fraction of sp³-hybridized carbons (Fsp3) is 0.533. The molecule has 104 valence electrons. The molecule has 1 aliphatic rings. The lowest BCUT2D eigenvalue weighted by molar-refractivity contribution is -0.123. The van der Waals surface area contributed by atoms with Crippen molar-refractivity contribution in [1.82, 2.24) is 5.32 Å². The molecule has 0 saturated heterocycles. The number of aliphatic hydroxyl groups is 1. The van der Waals surface area contributed by atoms with Crippen LogP contribution in [-0.2, 0) is 11.2 Å². The zero-order valence-electron chi connectivity index (χ0n) is 11.3. The van der Waals surface area contributed by atoms with Gasteiger partial charge in [0.05, 0.1) is 6.10 Å². The van der Waals surface area contributed by atoms with Gasteiger partial charge in [-0.25, -0.2) is 0 Å². The number of rotatable bonds is 5. The third kappa shape index (κ3) is 3.70. The summed E-state index contributed by atoms with van der Waals surface area (Å²) in [7, 11) is 0. The van der Waals surface area contributed by atoms with Crippen LogP contribution in [0.15, 0.2) is 18.2 Å². The van der Waals surface area contributed by atoms with Crippen molar-refractivity contribution in [3.8, 4) is 5.75 Å². The molecule has 1 aromatic rings. The number of benzene rings is 1. The molecule has 0 heterocycles. The highest BCUT2D eigenvalue weighted by Gasteiger charge is 2.18. The van der Waals surface area contributed by atoms with Gasteiger partial charge in [-0.05, 0) is 48.9 Å². The van der Waals surface area contributed by atoms with E-state index in [2.05, 4.69) is 5.32 Å². The Labute approximate surface area is 113 Å². The highest BCUT2D eigenvalue weighted by molar-refractivity contribution is 5.77. The molecule has 4 heteroatoms. The predicted octanol–water partition coefficient (Wildman–Crippen LogP) is 1.96. The molecule has 0 bridgehead atoms. The van der Waals surface area contributed by atoms with E-state index in [1.54, 1.807) is 0 Å². The van der Waals surface area contributed by atoms with Gasteiger partial charge in [0.2, 0.25) is 0 Å². The molecule has 1 atom stereocenters. The summed E-state index contributed by atoms with van der Waals surface area (Å²) in [5.41, 5.74) is 2.12. The van der Waals surface area contributed by atoms with Gasteiger partial charge in [0.1, 0.15) is 5.75 Å². The van der Waals surface area contributed by atoms with E-state index in [9.17, 15) is 9.90 Å². The number of fused-ring (bicyclic) bond motifs is 1. The first-order valence-corrected chi connectivity index (χ1v) is 6.91. The summed E-state index contributed by atoms with van der Waals surface area (Å²) in [6, 6.07) is 5.70. The molecule has 0 aromatic heterocycles. The van der Waals surface area contributed by atoms with Crippen molar-refractivity contribution in [2.75, 3.05) is 13.2 Å². The number of carbonyl (C=O) groups is 1. The van der Waals surface area contributed by atoms with Crippen LogP contribution in [0.3, 0.4) is 0 Å². The Bertz CT molecular complexity index is 445. The minimum absolute atomic E-state index is 0.0227. The number of aryl methyl sites for hydroxylation is 1. The molecular formula is C15H21NO3. The Balaban J connectivity index is 1.94. The van der Waals surface area contributed by atoms with Crippen molar-refractivity contribution in [3.63, 3.8) is 0 Å². The quantitative estimate of drug-likeness (QED) is 0.853. The molecule has 1 amide bonds. The second-order valence-electron chi connectivity index (χ2n) is 4.91. The van der Waals surface area contributed by atoms with Gasteiger partial charge in [-0.15, -0.1) is 0 Å². The average Bonchev–Trinajstić information content (AvgIpc) is 2.43. The molecule has 1 unspecified atom stereocenters. The molecule has 0 radical (unpaired) electrons. The van der Waals surface area contributed by atoms with E-state index in [0.717, 1.165) is 31.2 Å². The zero-order chi connectivity index (χ0) is 13.7. The smallest absolute Gasteiger partial charge is 0.257 e. The van der Waals surface area contributed by atoms with Crippen molar-refractivity contribution >= 4 is 5.91 Å². The van der Waals surface area contributed by atoms with Gasteiger partial charge in [-0.2, -0.15) is 0 Å². The van der Waals surface area contributed by atoms with Crippen molar-refractivity contribution in [2.45, 2.75) is 38.7 Å². The Morgan fingerprint density at radius 1 is 1.53 bits per heavy atom. The summed E-state index contributed by atoms with van der Waals surface area (Å²) in [6.07, 6.45) is 3.34. The Kier molecular flexibility index (Phi) is 4.80.